The summed E-state index contributed by atoms with van der Waals surface area (Å²) in [7, 11) is -3.44. The monoisotopic (exact) mass is 274 g/mol. The topological polar surface area (TPSA) is 51.2 Å². The van der Waals surface area contributed by atoms with Crippen LogP contribution < -0.4 is 0 Å². The fourth-order valence-electron chi connectivity index (χ4n) is 1.11. The Morgan fingerprint density at radius 1 is 1.18 bits per heavy atom. The van der Waals surface area contributed by atoms with Gasteiger partial charge in [-0.1, -0.05) is 11.6 Å². The predicted molar refractivity (Wildman–Crippen MR) is 69.3 cm³/mol. The Labute approximate surface area is 107 Å². The molecule has 0 aliphatic carbocycles. The molecule has 0 aliphatic heterocycles. The molecule has 1 rings (SSSR count). The Morgan fingerprint density at radius 3 is 2.06 bits per heavy atom. The highest BCUT2D eigenvalue weighted by Gasteiger charge is 2.31. The zero-order chi connectivity index (χ0) is 13.3. The van der Waals surface area contributed by atoms with Crippen LogP contribution in [0.5, 0.6) is 0 Å². The van der Waals surface area contributed by atoms with Crippen LogP contribution in [0.4, 0.5) is 0 Å². The molecule has 5 heteroatoms. The Kier molecular flexibility index (Phi) is 3.99. The Bertz CT molecular complexity index is 510. The molecule has 0 spiro atoms. The third kappa shape index (κ3) is 3.54. The van der Waals surface area contributed by atoms with Gasteiger partial charge in [0, 0.05) is 10.6 Å². The van der Waals surface area contributed by atoms with Gasteiger partial charge in [0.15, 0.2) is 15.6 Å². The quantitative estimate of drug-likeness (QED) is 0.797. The molecule has 1 aromatic carbocycles. The van der Waals surface area contributed by atoms with Gasteiger partial charge in [-0.25, -0.2) is 8.42 Å². The number of Topliss-reactive ketones (excluding diaryl/α,β-unsaturated/α-hetero) is 1. The van der Waals surface area contributed by atoms with E-state index < -0.39 is 26.1 Å². The molecule has 0 radical (unpaired) electrons. The number of halogens is 1. The van der Waals surface area contributed by atoms with Crippen molar-refractivity contribution in [1.29, 1.82) is 0 Å². The summed E-state index contributed by atoms with van der Waals surface area (Å²) in [6.45, 7) is 4.74. The number of sulfone groups is 1. The van der Waals surface area contributed by atoms with Crippen molar-refractivity contribution in [3.8, 4) is 0 Å². The molecule has 94 valence electrons. The van der Waals surface area contributed by atoms with Crippen molar-refractivity contribution in [2.45, 2.75) is 25.5 Å². The maximum absolute atomic E-state index is 11.9. The normalized spacial score (nSPS) is 12.5. The highest BCUT2D eigenvalue weighted by Crippen LogP contribution is 2.18. The van der Waals surface area contributed by atoms with Crippen molar-refractivity contribution in [2.24, 2.45) is 0 Å². The smallest absolute Gasteiger partial charge is 0.177 e. The molecular formula is C12H15ClO3S. The lowest BCUT2D eigenvalue weighted by molar-refractivity contribution is 0.102. The van der Waals surface area contributed by atoms with Crippen LogP contribution in [0.25, 0.3) is 0 Å². The first-order chi connectivity index (χ1) is 7.63. The summed E-state index contributed by atoms with van der Waals surface area (Å²) in [5, 5.41) is 0.514. The van der Waals surface area contributed by atoms with Crippen LogP contribution in [0, 0.1) is 0 Å². The van der Waals surface area contributed by atoms with Crippen LogP contribution in [0.15, 0.2) is 24.3 Å². The molecule has 0 unspecified atom stereocenters. The van der Waals surface area contributed by atoms with Crippen LogP contribution >= 0.6 is 11.6 Å². The molecule has 0 fully saturated rings. The van der Waals surface area contributed by atoms with Crippen molar-refractivity contribution < 1.29 is 13.2 Å². The molecule has 1 aromatic rings. The van der Waals surface area contributed by atoms with Crippen molar-refractivity contribution in [3.05, 3.63) is 34.9 Å². The van der Waals surface area contributed by atoms with Crippen LogP contribution in [0.2, 0.25) is 5.02 Å². The molecule has 0 saturated carbocycles. The van der Waals surface area contributed by atoms with Gasteiger partial charge in [-0.2, -0.15) is 0 Å². The lowest BCUT2D eigenvalue weighted by Crippen LogP contribution is -2.33. The Morgan fingerprint density at radius 2 is 1.65 bits per heavy atom. The lowest BCUT2D eigenvalue weighted by Gasteiger charge is -2.18. The van der Waals surface area contributed by atoms with Gasteiger partial charge >= 0.3 is 0 Å². The first kappa shape index (κ1) is 14.2. The van der Waals surface area contributed by atoms with E-state index in [0.29, 0.717) is 10.6 Å². The van der Waals surface area contributed by atoms with E-state index in [9.17, 15) is 13.2 Å². The molecule has 0 bridgehead atoms. The standard InChI is InChI=1S/C12H15ClO3S/c1-12(2,3)17(15,16)8-11(14)9-4-6-10(13)7-5-9/h4-7H,8H2,1-3H3. The second-order valence-corrected chi connectivity index (χ2v) is 7.98. The number of ketones is 1. The fraction of sp³-hybridized carbons (Fsp3) is 0.417. The lowest BCUT2D eigenvalue weighted by atomic mass is 10.1. The van der Waals surface area contributed by atoms with E-state index in [1.807, 2.05) is 0 Å². The zero-order valence-corrected chi connectivity index (χ0v) is 11.6. The average molecular weight is 275 g/mol. The number of carbonyl (C=O) groups is 1. The first-order valence-corrected chi connectivity index (χ1v) is 7.17. The summed E-state index contributed by atoms with van der Waals surface area (Å²) in [5.41, 5.74) is 0.363. The molecule has 0 heterocycles. The van der Waals surface area contributed by atoms with Crippen LogP contribution in [0.1, 0.15) is 31.1 Å². The number of benzene rings is 1. The zero-order valence-electron chi connectivity index (χ0n) is 10.0. The fourth-order valence-corrected chi connectivity index (χ4v) is 2.18. The van der Waals surface area contributed by atoms with Gasteiger partial charge < -0.3 is 0 Å². The number of hydrogen-bond donors (Lipinski definition) is 0. The summed E-state index contributed by atoms with van der Waals surface area (Å²) >= 11 is 5.69. The minimum atomic E-state index is -3.44. The number of hydrogen-bond acceptors (Lipinski definition) is 3. The second kappa shape index (κ2) is 4.78. The van der Waals surface area contributed by atoms with Crippen LogP contribution in [-0.2, 0) is 9.84 Å². The first-order valence-electron chi connectivity index (χ1n) is 5.14. The van der Waals surface area contributed by atoms with E-state index in [1.165, 1.54) is 12.1 Å². The van der Waals surface area contributed by atoms with Gasteiger partial charge in [0.05, 0.1) is 4.75 Å². The molecule has 0 N–H and O–H groups in total. The van der Waals surface area contributed by atoms with Crippen LogP contribution in [0.3, 0.4) is 0 Å². The molecule has 0 atom stereocenters. The summed E-state index contributed by atoms with van der Waals surface area (Å²) in [6, 6.07) is 6.20. The molecule has 0 saturated heterocycles. The van der Waals surface area contributed by atoms with Crippen molar-refractivity contribution in [1.82, 2.24) is 0 Å². The predicted octanol–water partition coefficient (Wildman–Crippen LogP) is 2.74. The molecular weight excluding hydrogens is 260 g/mol. The van der Waals surface area contributed by atoms with E-state index in [0.717, 1.165) is 0 Å². The van der Waals surface area contributed by atoms with Gasteiger partial charge in [0.25, 0.3) is 0 Å². The second-order valence-electron chi connectivity index (χ2n) is 4.80. The molecule has 17 heavy (non-hydrogen) atoms. The van der Waals surface area contributed by atoms with Crippen molar-refractivity contribution >= 4 is 27.2 Å². The summed E-state index contributed by atoms with van der Waals surface area (Å²) < 4.78 is 22.8. The van der Waals surface area contributed by atoms with Crippen LogP contribution in [-0.4, -0.2) is 24.7 Å². The van der Waals surface area contributed by atoms with E-state index in [-0.39, 0.29) is 0 Å². The van der Waals surface area contributed by atoms with Crippen molar-refractivity contribution in [2.75, 3.05) is 5.75 Å². The SMILES string of the molecule is CC(C)(C)S(=O)(=O)CC(=O)c1ccc(Cl)cc1. The molecule has 0 aliphatic rings. The van der Waals surface area contributed by atoms with E-state index in [2.05, 4.69) is 0 Å². The largest absolute Gasteiger partial charge is 0.293 e. The Hall–Kier alpha value is -0.870. The average Bonchev–Trinajstić information content (AvgIpc) is 2.16. The maximum Gasteiger partial charge on any atom is 0.177 e. The van der Waals surface area contributed by atoms with E-state index >= 15 is 0 Å². The summed E-state index contributed by atoms with van der Waals surface area (Å²) in [4.78, 5) is 11.8. The number of carbonyl (C=O) groups excluding carboxylic acids is 1. The molecule has 0 aromatic heterocycles. The van der Waals surface area contributed by atoms with Gasteiger partial charge in [0.2, 0.25) is 0 Å². The van der Waals surface area contributed by atoms with E-state index in [4.69, 9.17) is 11.6 Å². The van der Waals surface area contributed by atoms with Crippen molar-refractivity contribution in [3.63, 3.8) is 0 Å². The van der Waals surface area contributed by atoms with Gasteiger partial charge in [-0.15, -0.1) is 0 Å². The highest BCUT2D eigenvalue weighted by atomic mass is 35.5. The third-order valence-electron chi connectivity index (χ3n) is 2.42. The molecule has 0 amide bonds. The third-order valence-corrected chi connectivity index (χ3v) is 5.18. The number of rotatable bonds is 3. The molecule has 3 nitrogen and oxygen atoms in total. The minimum Gasteiger partial charge on any atom is -0.293 e. The van der Waals surface area contributed by atoms with Gasteiger partial charge in [0.1, 0.15) is 5.75 Å². The summed E-state index contributed by atoms with van der Waals surface area (Å²) in [5.74, 6) is -0.880. The van der Waals surface area contributed by atoms with Gasteiger partial charge in [-0.3, -0.25) is 4.79 Å². The highest BCUT2D eigenvalue weighted by molar-refractivity contribution is 7.93. The maximum atomic E-state index is 11.9. The summed E-state index contributed by atoms with van der Waals surface area (Å²) in [6.07, 6.45) is 0. The van der Waals surface area contributed by atoms with Gasteiger partial charge in [-0.05, 0) is 45.0 Å². The Balaban J connectivity index is 2.91. The van der Waals surface area contributed by atoms with E-state index in [1.54, 1.807) is 32.9 Å². The minimum absolute atomic E-state index is 0.363.